The van der Waals surface area contributed by atoms with Gasteiger partial charge in [-0.15, -0.1) is 0 Å². The van der Waals surface area contributed by atoms with Crippen molar-refractivity contribution in [1.82, 2.24) is 14.2 Å². The Morgan fingerprint density at radius 1 is 1.07 bits per heavy atom. The van der Waals surface area contributed by atoms with Crippen molar-refractivity contribution in [2.45, 2.75) is 18.7 Å². The van der Waals surface area contributed by atoms with Gasteiger partial charge in [0.2, 0.25) is 10.0 Å². The molecule has 1 aliphatic rings. The number of carbonyl (C=O) groups excluding carboxylic acids is 1. The number of halogens is 2. The average Bonchev–Trinajstić information content (AvgIpc) is 2.76. The van der Waals surface area contributed by atoms with Gasteiger partial charge in [-0.25, -0.2) is 13.4 Å². The summed E-state index contributed by atoms with van der Waals surface area (Å²) < 4.78 is 27.2. The highest BCUT2D eigenvalue weighted by Crippen LogP contribution is 2.28. The molecule has 2 aromatic rings. The van der Waals surface area contributed by atoms with Crippen LogP contribution < -0.4 is 4.90 Å². The highest BCUT2D eigenvalue weighted by molar-refractivity contribution is 7.89. The first-order valence-corrected chi connectivity index (χ1v) is 11.9. The lowest BCUT2D eigenvalue weighted by atomic mass is 10.2. The number of piperazine rings is 1. The fourth-order valence-corrected chi connectivity index (χ4v) is 5.53. The lowest BCUT2D eigenvalue weighted by Gasteiger charge is -2.34. The Labute approximate surface area is 187 Å². The third-order valence-corrected chi connectivity index (χ3v) is 7.73. The minimum Gasteiger partial charge on any atom is -0.357 e. The molecule has 10 heteroatoms. The molecule has 30 heavy (non-hydrogen) atoms. The van der Waals surface area contributed by atoms with Crippen LogP contribution in [0.4, 0.5) is 5.82 Å². The number of carbonyl (C=O) groups is 1. The Hall–Kier alpha value is -1.87. The number of anilines is 1. The topological polar surface area (TPSA) is 73.8 Å². The molecule has 0 spiro atoms. The van der Waals surface area contributed by atoms with Gasteiger partial charge in [0.25, 0.3) is 5.91 Å². The molecule has 1 fully saturated rings. The molecule has 1 amide bonds. The molecule has 0 radical (unpaired) electrons. The van der Waals surface area contributed by atoms with Crippen molar-refractivity contribution in [3.05, 3.63) is 52.1 Å². The van der Waals surface area contributed by atoms with Gasteiger partial charge >= 0.3 is 0 Å². The maximum atomic E-state index is 12.9. The molecule has 1 aromatic heterocycles. The molecule has 162 valence electrons. The van der Waals surface area contributed by atoms with Crippen molar-refractivity contribution in [2.75, 3.05) is 44.2 Å². The Kier molecular flexibility index (Phi) is 7.23. The molecule has 1 aromatic carbocycles. The average molecular weight is 471 g/mol. The molecule has 0 unspecified atom stereocenters. The fourth-order valence-electron chi connectivity index (χ4n) is 3.38. The van der Waals surface area contributed by atoms with Crippen LogP contribution >= 0.6 is 23.2 Å². The molecule has 3 rings (SSSR count). The summed E-state index contributed by atoms with van der Waals surface area (Å²) in [6, 6.07) is 7.95. The number of hydrogen-bond acceptors (Lipinski definition) is 5. The Morgan fingerprint density at radius 3 is 2.30 bits per heavy atom. The van der Waals surface area contributed by atoms with Crippen molar-refractivity contribution in [1.29, 1.82) is 0 Å². The first-order valence-electron chi connectivity index (χ1n) is 9.73. The summed E-state index contributed by atoms with van der Waals surface area (Å²) in [6.45, 7) is 6.71. The number of benzene rings is 1. The molecule has 2 heterocycles. The van der Waals surface area contributed by atoms with E-state index in [4.69, 9.17) is 23.2 Å². The number of sulfonamides is 1. The van der Waals surface area contributed by atoms with Crippen molar-refractivity contribution < 1.29 is 13.2 Å². The van der Waals surface area contributed by atoms with Gasteiger partial charge < -0.3 is 9.80 Å². The van der Waals surface area contributed by atoms with Gasteiger partial charge in [0, 0.05) is 50.5 Å². The van der Waals surface area contributed by atoms with E-state index >= 15 is 0 Å². The second kappa shape index (κ2) is 9.51. The SMILES string of the molecule is CCN(CC)c1ccc(C(=O)N2CCN(S(=O)(=O)c3cc(Cl)ccc3Cl)CC2)cn1. The molecule has 1 aliphatic heterocycles. The van der Waals surface area contributed by atoms with E-state index in [-0.39, 0.29) is 42.0 Å². The van der Waals surface area contributed by atoms with Crippen molar-refractivity contribution in [3.8, 4) is 0 Å². The highest BCUT2D eigenvalue weighted by Gasteiger charge is 2.32. The molecule has 7 nitrogen and oxygen atoms in total. The summed E-state index contributed by atoms with van der Waals surface area (Å²) in [7, 11) is -3.79. The van der Waals surface area contributed by atoms with Crippen LogP contribution in [0.1, 0.15) is 24.2 Å². The van der Waals surface area contributed by atoms with Gasteiger partial charge in [0.05, 0.1) is 10.6 Å². The molecular weight excluding hydrogens is 447 g/mol. The van der Waals surface area contributed by atoms with Crippen molar-refractivity contribution >= 4 is 45.0 Å². The van der Waals surface area contributed by atoms with Gasteiger partial charge in [-0.05, 0) is 44.2 Å². The van der Waals surface area contributed by atoms with E-state index in [0.29, 0.717) is 10.6 Å². The van der Waals surface area contributed by atoms with Gasteiger partial charge in [-0.2, -0.15) is 4.31 Å². The molecule has 0 aliphatic carbocycles. The fraction of sp³-hybridized carbons (Fsp3) is 0.400. The lowest BCUT2D eigenvalue weighted by molar-refractivity contribution is 0.0697. The van der Waals surface area contributed by atoms with Crippen LogP contribution in [0.2, 0.25) is 10.0 Å². The summed E-state index contributed by atoms with van der Waals surface area (Å²) in [5.41, 5.74) is 0.486. The molecule has 0 saturated carbocycles. The number of rotatable bonds is 6. The van der Waals surface area contributed by atoms with E-state index in [9.17, 15) is 13.2 Å². The summed E-state index contributed by atoms with van der Waals surface area (Å²) in [5, 5.41) is 0.421. The monoisotopic (exact) mass is 470 g/mol. The number of pyridine rings is 1. The molecule has 0 N–H and O–H groups in total. The molecule has 1 saturated heterocycles. The Morgan fingerprint density at radius 2 is 1.73 bits per heavy atom. The highest BCUT2D eigenvalue weighted by atomic mass is 35.5. The smallest absolute Gasteiger partial charge is 0.255 e. The minimum atomic E-state index is -3.79. The summed E-state index contributed by atoms with van der Waals surface area (Å²) in [5.74, 6) is 0.664. The maximum absolute atomic E-state index is 12.9. The van der Waals surface area contributed by atoms with Gasteiger partial charge in [-0.1, -0.05) is 23.2 Å². The van der Waals surface area contributed by atoms with E-state index in [2.05, 4.69) is 9.88 Å². The zero-order valence-electron chi connectivity index (χ0n) is 16.9. The number of nitrogens with zero attached hydrogens (tertiary/aromatic N) is 4. The number of hydrogen-bond donors (Lipinski definition) is 0. The third kappa shape index (κ3) is 4.72. The Bertz CT molecular complexity index is 1000. The normalized spacial score (nSPS) is 15.3. The maximum Gasteiger partial charge on any atom is 0.255 e. The quantitative estimate of drug-likeness (QED) is 0.646. The van der Waals surface area contributed by atoms with E-state index in [1.165, 1.54) is 16.4 Å². The predicted molar refractivity (Wildman–Crippen MR) is 119 cm³/mol. The third-order valence-electron chi connectivity index (χ3n) is 5.12. The van der Waals surface area contributed by atoms with Crippen LogP contribution in [0.3, 0.4) is 0 Å². The van der Waals surface area contributed by atoms with Crippen LogP contribution in [-0.2, 0) is 10.0 Å². The molecule has 0 bridgehead atoms. The van der Waals surface area contributed by atoms with Crippen LogP contribution in [0.25, 0.3) is 0 Å². The number of aromatic nitrogens is 1. The van der Waals surface area contributed by atoms with Crippen molar-refractivity contribution in [3.63, 3.8) is 0 Å². The van der Waals surface area contributed by atoms with Crippen LogP contribution in [0.15, 0.2) is 41.4 Å². The van der Waals surface area contributed by atoms with Gasteiger partial charge in [0.15, 0.2) is 0 Å². The second-order valence-electron chi connectivity index (χ2n) is 6.85. The van der Waals surface area contributed by atoms with E-state index < -0.39 is 10.0 Å². The molecule has 0 atom stereocenters. The Balaban J connectivity index is 1.68. The first-order chi connectivity index (χ1) is 14.3. The van der Waals surface area contributed by atoms with E-state index in [0.717, 1.165) is 18.9 Å². The standard InChI is InChI=1S/C20H24Cl2N4O3S/c1-3-24(4-2)19-8-5-15(14-23-19)20(27)25-9-11-26(12-10-25)30(28,29)18-13-16(21)6-7-17(18)22/h5-8,13-14H,3-4,9-12H2,1-2H3. The van der Waals surface area contributed by atoms with Crippen LogP contribution in [-0.4, -0.2) is 67.8 Å². The zero-order chi connectivity index (χ0) is 21.9. The molecular formula is C20H24Cl2N4O3S. The van der Waals surface area contributed by atoms with Crippen LogP contribution in [0.5, 0.6) is 0 Å². The minimum absolute atomic E-state index is 0.0207. The van der Waals surface area contributed by atoms with Gasteiger partial charge in [0.1, 0.15) is 10.7 Å². The summed E-state index contributed by atoms with van der Waals surface area (Å²) in [4.78, 5) is 20.9. The predicted octanol–water partition coefficient (Wildman–Crippen LogP) is 3.38. The summed E-state index contributed by atoms with van der Waals surface area (Å²) in [6.07, 6.45) is 1.57. The first kappa shape index (κ1) is 22.8. The largest absolute Gasteiger partial charge is 0.357 e. The zero-order valence-corrected chi connectivity index (χ0v) is 19.2. The second-order valence-corrected chi connectivity index (χ2v) is 9.60. The van der Waals surface area contributed by atoms with Crippen molar-refractivity contribution in [2.24, 2.45) is 0 Å². The lowest BCUT2D eigenvalue weighted by Crippen LogP contribution is -2.50. The number of amides is 1. The summed E-state index contributed by atoms with van der Waals surface area (Å²) >= 11 is 12.0. The van der Waals surface area contributed by atoms with Crippen LogP contribution in [0, 0.1) is 0 Å². The van der Waals surface area contributed by atoms with Gasteiger partial charge in [-0.3, -0.25) is 4.79 Å². The van der Waals surface area contributed by atoms with E-state index in [1.54, 1.807) is 23.2 Å². The van der Waals surface area contributed by atoms with E-state index in [1.807, 2.05) is 19.9 Å².